The third-order valence-corrected chi connectivity index (χ3v) is 4.28. The van der Waals surface area contributed by atoms with Gasteiger partial charge in [-0.3, -0.25) is 14.9 Å². The summed E-state index contributed by atoms with van der Waals surface area (Å²) in [5.74, 6) is -1.22. The van der Waals surface area contributed by atoms with Gasteiger partial charge in [0.15, 0.2) is 6.61 Å². The molecule has 1 N–H and O–H groups in total. The molecule has 0 bridgehead atoms. The summed E-state index contributed by atoms with van der Waals surface area (Å²) in [6.07, 6.45) is 3.58. The first-order valence-corrected chi connectivity index (χ1v) is 8.61. The second kappa shape index (κ2) is 8.65. The van der Waals surface area contributed by atoms with Gasteiger partial charge in [-0.25, -0.2) is 4.79 Å². The van der Waals surface area contributed by atoms with Crippen LogP contribution in [0.1, 0.15) is 23.2 Å². The first kappa shape index (κ1) is 18.2. The summed E-state index contributed by atoms with van der Waals surface area (Å²) in [4.78, 5) is 34.5. The molecule has 9 heteroatoms. The predicted molar refractivity (Wildman–Crippen MR) is 87.1 cm³/mol. The van der Waals surface area contributed by atoms with E-state index in [1.807, 2.05) is 0 Å². The van der Waals surface area contributed by atoms with Crippen molar-refractivity contribution in [1.82, 2.24) is 5.32 Å². The number of hydrogen-bond acceptors (Lipinski definition) is 7. The van der Waals surface area contributed by atoms with E-state index in [0.29, 0.717) is 18.0 Å². The molecule has 0 unspecified atom stereocenters. The fourth-order valence-corrected chi connectivity index (χ4v) is 2.80. The quantitative estimate of drug-likeness (QED) is 0.344. The number of nitro groups is 1. The number of thioether (sulfide) groups is 1. The molecule has 0 aromatic heterocycles. The fraction of sp³-hybridized carbons (Fsp3) is 0.467. The van der Waals surface area contributed by atoms with Crippen molar-refractivity contribution in [3.8, 4) is 0 Å². The van der Waals surface area contributed by atoms with E-state index in [2.05, 4.69) is 5.32 Å². The lowest BCUT2D eigenvalue weighted by Crippen LogP contribution is -2.34. The Morgan fingerprint density at radius 3 is 2.92 bits per heavy atom. The number of nitrogens with one attached hydrogen (secondary N) is 1. The highest BCUT2D eigenvalue weighted by atomic mass is 32.2. The number of carbonyl (C=O) groups excluding carboxylic acids is 2. The second-order valence-electron chi connectivity index (χ2n) is 5.16. The van der Waals surface area contributed by atoms with Crippen LogP contribution in [0.15, 0.2) is 23.1 Å². The smallest absolute Gasteiger partial charge is 0.338 e. The topological polar surface area (TPSA) is 108 Å². The molecule has 2 rings (SSSR count). The van der Waals surface area contributed by atoms with Crippen LogP contribution < -0.4 is 5.32 Å². The lowest BCUT2D eigenvalue weighted by atomic mass is 10.2. The van der Waals surface area contributed by atoms with E-state index in [1.165, 1.54) is 23.9 Å². The van der Waals surface area contributed by atoms with Crippen molar-refractivity contribution in [2.24, 2.45) is 0 Å². The summed E-state index contributed by atoms with van der Waals surface area (Å²) in [7, 11) is 0. The van der Waals surface area contributed by atoms with Gasteiger partial charge in [-0.15, -0.1) is 11.8 Å². The maximum absolute atomic E-state index is 11.9. The average molecular weight is 354 g/mol. The number of nitrogens with zero attached hydrogens (tertiary/aromatic N) is 1. The van der Waals surface area contributed by atoms with Gasteiger partial charge in [0.25, 0.3) is 11.6 Å². The van der Waals surface area contributed by atoms with E-state index >= 15 is 0 Å². The molecular formula is C15H18N2O6S. The zero-order valence-electron chi connectivity index (χ0n) is 13.1. The van der Waals surface area contributed by atoms with E-state index in [4.69, 9.17) is 9.47 Å². The van der Waals surface area contributed by atoms with Crippen LogP contribution in [0.5, 0.6) is 0 Å². The van der Waals surface area contributed by atoms with E-state index < -0.39 is 23.4 Å². The predicted octanol–water partition coefficient (Wildman–Crippen LogP) is 1.77. The Morgan fingerprint density at radius 1 is 1.50 bits per heavy atom. The lowest BCUT2D eigenvalue weighted by molar-refractivity contribution is -0.387. The molecule has 0 spiro atoms. The number of hydrogen-bond donors (Lipinski definition) is 1. The number of carbonyl (C=O) groups is 2. The van der Waals surface area contributed by atoms with Crippen molar-refractivity contribution in [2.45, 2.75) is 23.8 Å². The Bertz CT molecular complexity index is 630. The van der Waals surface area contributed by atoms with Crippen molar-refractivity contribution in [2.75, 3.05) is 26.0 Å². The van der Waals surface area contributed by atoms with Crippen molar-refractivity contribution in [3.05, 3.63) is 33.9 Å². The summed E-state index contributed by atoms with van der Waals surface area (Å²) in [5.41, 5.74) is -0.133. The first-order valence-electron chi connectivity index (χ1n) is 7.39. The van der Waals surface area contributed by atoms with Crippen LogP contribution in [0.25, 0.3) is 0 Å². The van der Waals surface area contributed by atoms with E-state index in [9.17, 15) is 19.7 Å². The Labute approximate surface area is 143 Å². The number of benzene rings is 1. The van der Waals surface area contributed by atoms with Gasteiger partial charge in [-0.2, -0.15) is 0 Å². The molecule has 0 radical (unpaired) electrons. The highest BCUT2D eigenvalue weighted by molar-refractivity contribution is 7.98. The van der Waals surface area contributed by atoms with Gasteiger partial charge in [0.05, 0.1) is 21.5 Å². The van der Waals surface area contributed by atoms with Crippen LogP contribution in [-0.2, 0) is 14.3 Å². The molecule has 0 saturated carbocycles. The van der Waals surface area contributed by atoms with Crippen LogP contribution >= 0.6 is 11.8 Å². The molecule has 1 amide bonds. The number of rotatable bonds is 7. The van der Waals surface area contributed by atoms with E-state index in [0.717, 1.165) is 18.9 Å². The molecule has 1 atom stereocenters. The molecule has 130 valence electrons. The minimum Gasteiger partial charge on any atom is -0.452 e. The second-order valence-corrected chi connectivity index (χ2v) is 6.01. The van der Waals surface area contributed by atoms with Crippen LogP contribution in [-0.4, -0.2) is 48.9 Å². The Morgan fingerprint density at radius 2 is 2.29 bits per heavy atom. The monoisotopic (exact) mass is 354 g/mol. The number of nitro benzene ring substituents is 1. The van der Waals surface area contributed by atoms with Gasteiger partial charge in [0.2, 0.25) is 0 Å². The van der Waals surface area contributed by atoms with Crippen LogP contribution in [0.2, 0.25) is 0 Å². The Balaban J connectivity index is 1.86. The summed E-state index contributed by atoms with van der Waals surface area (Å²) < 4.78 is 10.3. The first-order chi connectivity index (χ1) is 11.5. The molecule has 0 aliphatic carbocycles. The fourth-order valence-electron chi connectivity index (χ4n) is 2.26. The largest absolute Gasteiger partial charge is 0.452 e. The molecule has 1 aromatic carbocycles. The third kappa shape index (κ3) is 4.93. The van der Waals surface area contributed by atoms with Gasteiger partial charge in [0, 0.05) is 19.2 Å². The van der Waals surface area contributed by atoms with Crippen molar-refractivity contribution in [3.63, 3.8) is 0 Å². The molecule has 1 aliphatic heterocycles. The van der Waals surface area contributed by atoms with Crippen molar-refractivity contribution >= 4 is 29.3 Å². The van der Waals surface area contributed by atoms with Crippen molar-refractivity contribution in [1.29, 1.82) is 0 Å². The molecular weight excluding hydrogens is 336 g/mol. The van der Waals surface area contributed by atoms with Gasteiger partial charge in [-0.05, 0) is 31.2 Å². The molecule has 1 heterocycles. The molecule has 1 saturated heterocycles. The number of esters is 1. The summed E-state index contributed by atoms with van der Waals surface area (Å²) in [5, 5.41) is 13.6. The molecule has 24 heavy (non-hydrogen) atoms. The SMILES string of the molecule is CSc1ccc(C(=O)OCC(=O)NC[C@@H]2CCCO2)cc1[N+](=O)[O-]. The minimum absolute atomic E-state index is 0.00592. The van der Waals surface area contributed by atoms with Crippen LogP contribution in [0, 0.1) is 10.1 Å². The minimum atomic E-state index is -0.780. The molecule has 1 aliphatic rings. The summed E-state index contributed by atoms with van der Waals surface area (Å²) in [6, 6.07) is 4.07. The highest BCUT2D eigenvalue weighted by Gasteiger charge is 2.19. The standard InChI is InChI=1S/C15H18N2O6S/c1-24-13-5-4-10(7-12(13)17(20)21)15(19)23-9-14(18)16-8-11-3-2-6-22-11/h4-5,7,11H,2-3,6,8-9H2,1H3,(H,16,18)/t11-/m0/s1. The van der Waals surface area contributed by atoms with Crippen molar-refractivity contribution < 1.29 is 24.0 Å². The van der Waals surface area contributed by atoms with Crippen LogP contribution in [0.3, 0.4) is 0 Å². The van der Waals surface area contributed by atoms with Crippen LogP contribution in [0.4, 0.5) is 5.69 Å². The zero-order chi connectivity index (χ0) is 17.5. The van der Waals surface area contributed by atoms with Gasteiger partial charge in [0.1, 0.15) is 0 Å². The van der Waals surface area contributed by atoms with E-state index in [-0.39, 0.29) is 17.4 Å². The summed E-state index contributed by atoms with van der Waals surface area (Å²) in [6.45, 7) is 0.633. The number of ether oxygens (including phenoxy) is 2. The van der Waals surface area contributed by atoms with Gasteiger partial charge >= 0.3 is 5.97 Å². The third-order valence-electron chi connectivity index (χ3n) is 3.50. The lowest BCUT2D eigenvalue weighted by Gasteiger charge is -2.11. The normalized spacial score (nSPS) is 16.6. The van der Waals surface area contributed by atoms with Gasteiger partial charge in [-0.1, -0.05) is 0 Å². The molecule has 8 nitrogen and oxygen atoms in total. The zero-order valence-corrected chi connectivity index (χ0v) is 14.0. The van der Waals surface area contributed by atoms with E-state index in [1.54, 1.807) is 6.26 Å². The maximum Gasteiger partial charge on any atom is 0.338 e. The summed E-state index contributed by atoms with van der Waals surface area (Å²) >= 11 is 1.21. The molecule has 1 fully saturated rings. The number of amides is 1. The van der Waals surface area contributed by atoms with Gasteiger partial charge < -0.3 is 14.8 Å². The highest BCUT2D eigenvalue weighted by Crippen LogP contribution is 2.28. The average Bonchev–Trinajstić information content (AvgIpc) is 3.10. The Hall–Kier alpha value is -2.13. The maximum atomic E-state index is 11.9. The molecule has 1 aromatic rings. The Kier molecular flexibility index (Phi) is 6.56.